The molecule has 0 unspecified atom stereocenters. The second-order valence-electron chi connectivity index (χ2n) is 6.98. The SMILES string of the molecule is FC(F)(F)C(F)(F)C(F)(F)C(F)(F)C(F)(F)F.O=C(O)CCCC[C@@H]1SC[C@@H]2NC(=O)N[C@@H]21. The molecule has 2 aliphatic rings. The van der Waals surface area contributed by atoms with Crippen LogP contribution in [-0.2, 0) is 4.79 Å². The lowest BCUT2D eigenvalue weighted by atomic mass is 10.0. The van der Waals surface area contributed by atoms with Crippen LogP contribution in [0.4, 0.5) is 57.5 Å². The number of amides is 2. The minimum Gasteiger partial charge on any atom is -0.481 e. The molecule has 0 aromatic rings. The molecular formula is C15H16F12N2O3S. The number of carbonyl (C=O) groups excluding carboxylic acids is 1. The maximum absolute atomic E-state index is 12.0. The van der Waals surface area contributed by atoms with E-state index in [9.17, 15) is 62.3 Å². The average molecular weight is 532 g/mol. The first kappa shape index (κ1) is 29.3. The van der Waals surface area contributed by atoms with Gasteiger partial charge in [-0.2, -0.15) is 64.4 Å². The highest BCUT2D eigenvalue weighted by Gasteiger charge is 2.88. The third-order valence-corrected chi connectivity index (χ3v) is 6.08. The molecule has 0 aliphatic carbocycles. The Balaban J connectivity index is 0.000000330. The van der Waals surface area contributed by atoms with E-state index >= 15 is 0 Å². The average Bonchev–Trinajstić information content (AvgIpc) is 3.16. The molecule has 0 bridgehead atoms. The first-order valence-corrected chi connectivity index (χ1v) is 9.89. The van der Waals surface area contributed by atoms with Crippen molar-refractivity contribution in [2.75, 3.05) is 5.75 Å². The quantitative estimate of drug-likeness (QED) is 0.250. The fraction of sp³-hybridized carbons (Fsp3) is 0.867. The van der Waals surface area contributed by atoms with Gasteiger partial charge in [-0.05, 0) is 12.8 Å². The Morgan fingerprint density at radius 2 is 1.33 bits per heavy atom. The van der Waals surface area contributed by atoms with Gasteiger partial charge in [0.2, 0.25) is 0 Å². The van der Waals surface area contributed by atoms with Crippen LogP contribution in [0, 0.1) is 0 Å². The van der Waals surface area contributed by atoms with Crippen molar-refractivity contribution in [3.63, 3.8) is 0 Å². The van der Waals surface area contributed by atoms with Gasteiger partial charge in [-0.1, -0.05) is 6.42 Å². The van der Waals surface area contributed by atoms with Gasteiger partial charge in [0.1, 0.15) is 0 Å². The topological polar surface area (TPSA) is 78.4 Å². The molecule has 2 amide bonds. The maximum Gasteiger partial charge on any atom is 0.460 e. The van der Waals surface area contributed by atoms with Crippen molar-refractivity contribution in [1.82, 2.24) is 10.6 Å². The van der Waals surface area contributed by atoms with E-state index < -0.39 is 36.1 Å². The lowest BCUT2D eigenvalue weighted by Gasteiger charge is -2.34. The highest BCUT2D eigenvalue weighted by Crippen LogP contribution is 2.57. The first-order chi connectivity index (χ1) is 14.7. The third-order valence-electron chi connectivity index (χ3n) is 4.57. The van der Waals surface area contributed by atoms with Gasteiger partial charge < -0.3 is 15.7 Å². The van der Waals surface area contributed by atoms with Gasteiger partial charge in [0.05, 0.1) is 12.1 Å². The molecule has 3 N–H and O–H groups in total. The standard InChI is InChI=1S/C10H16N2O3S.C5F12/c13-8(14)4-2-1-3-7-9-6(5-16-7)11-10(15)12-9;6-1(7,2(8,9)4(12,13)14)3(10,11)5(15,16)17/h6-7,9H,1-5H2,(H,13,14)(H2,11,12,15);/t6-,7-,9-;/m0./s1. The number of aliphatic carboxylic acids is 1. The fourth-order valence-electron chi connectivity index (χ4n) is 2.82. The Kier molecular flexibility index (Phi) is 8.74. The van der Waals surface area contributed by atoms with Gasteiger partial charge in [0.25, 0.3) is 0 Å². The van der Waals surface area contributed by atoms with Crippen molar-refractivity contribution < 1.29 is 67.4 Å². The summed E-state index contributed by atoms with van der Waals surface area (Å²) in [5, 5.41) is 14.8. The van der Waals surface area contributed by atoms with Crippen molar-refractivity contribution in [1.29, 1.82) is 0 Å². The summed E-state index contributed by atoms with van der Waals surface area (Å²) >= 11 is 1.87. The van der Waals surface area contributed by atoms with Crippen LogP contribution in [-0.4, -0.2) is 70.3 Å². The van der Waals surface area contributed by atoms with Crippen LogP contribution in [0.15, 0.2) is 0 Å². The summed E-state index contributed by atoms with van der Waals surface area (Å²) in [6, 6.07) is 0.440. The maximum atomic E-state index is 12.0. The number of unbranched alkanes of at least 4 members (excludes halogenated alkanes) is 1. The molecule has 2 heterocycles. The van der Waals surface area contributed by atoms with E-state index in [-0.39, 0.29) is 24.5 Å². The molecule has 33 heavy (non-hydrogen) atoms. The molecule has 2 rings (SSSR count). The molecule has 0 radical (unpaired) electrons. The number of carboxylic acid groups (broad SMARTS) is 1. The zero-order valence-electron chi connectivity index (χ0n) is 16.0. The monoisotopic (exact) mass is 532 g/mol. The van der Waals surface area contributed by atoms with Gasteiger partial charge in [0.15, 0.2) is 0 Å². The van der Waals surface area contributed by atoms with Crippen LogP contribution in [0.3, 0.4) is 0 Å². The highest BCUT2D eigenvalue weighted by molar-refractivity contribution is 8.00. The smallest absolute Gasteiger partial charge is 0.460 e. The number of carbonyl (C=O) groups is 2. The number of carboxylic acids is 1. The van der Waals surface area contributed by atoms with Crippen LogP contribution in [0.2, 0.25) is 0 Å². The van der Waals surface area contributed by atoms with E-state index in [4.69, 9.17) is 5.11 Å². The number of urea groups is 1. The van der Waals surface area contributed by atoms with Crippen molar-refractivity contribution in [2.24, 2.45) is 0 Å². The normalized spacial score (nSPS) is 23.9. The Morgan fingerprint density at radius 1 is 0.848 bits per heavy atom. The first-order valence-electron chi connectivity index (χ1n) is 8.84. The van der Waals surface area contributed by atoms with Crippen molar-refractivity contribution >= 4 is 23.8 Å². The number of fused-ring (bicyclic) bond motifs is 1. The molecule has 0 spiro atoms. The minimum absolute atomic E-state index is 0.0640. The van der Waals surface area contributed by atoms with Crippen molar-refractivity contribution in [2.45, 2.75) is 73.1 Å². The molecule has 2 fully saturated rings. The van der Waals surface area contributed by atoms with Gasteiger partial charge in [-0.15, -0.1) is 0 Å². The molecule has 194 valence electrons. The molecule has 0 aromatic carbocycles. The number of nitrogens with one attached hydrogen (secondary N) is 2. The number of alkyl halides is 12. The molecule has 18 heteroatoms. The Hall–Kier alpha value is -1.75. The molecule has 0 saturated carbocycles. The molecule has 0 aromatic heterocycles. The predicted molar refractivity (Wildman–Crippen MR) is 88.5 cm³/mol. The van der Waals surface area contributed by atoms with Crippen LogP contribution >= 0.6 is 11.8 Å². The summed E-state index contributed by atoms with van der Waals surface area (Å²) in [4.78, 5) is 21.5. The van der Waals surface area contributed by atoms with E-state index in [0.717, 1.165) is 25.0 Å². The number of halogens is 12. The second-order valence-corrected chi connectivity index (χ2v) is 8.25. The number of hydrogen-bond acceptors (Lipinski definition) is 3. The third kappa shape index (κ3) is 6.23. The minimum atomic E-state index is -7.66. The summed E-state index contributed by atoms with van der Waals surface area (Å²) in [5.74, 6) is -22.5. The Bertz CT molecular complexity index is 685. The lowest BCUT2D eigenvalue weighted by molar-refractivity contribution is -0.438. The molecule has 5 nitrogen and oxygen atoms in total. The number of thioether (sulfide) groups is 1. The Morgan fingerprint density at radius 3 is 1.76 bits per heavy atom. The van der Waals surface area contributed by atoms with E-state index in [1.165, 1.54) is 0 Å². The van der Waals surface area contributed by atoms with Gasteiger partial charge in [0, 0.05) is 17.4 Å². The largest absolute Gasteiger partial charge is 0.481 e. The lowest BCUT2D eigenvalue weighted by Crippen LogP contribution is -2.65. The van der Waals surface area contributed by atoms with Crippen LogP contribution in [0.1, 0.15) is 25.7 Å². The van der Waals surface area contributed by atoms with Crippen LogP contribution < -0.4 is 10.6 Å². The van der Waals surface area contributed by atoms with E-state index in [1.807, 2.05) is 11.8 Å². The summed E-state index contributed by atoms with van der Waals surface area (Å²) in [6.45, 7) is 0. The van der Waals surface area contributed by atoms with E-state index in [1.54, 1.807) is 0 Å². The summed E-state index contributed by atoms with van der Waals surface area (Å²) < 4.78 is 139. The molecule has 2 aliphatic heterocycles. The van der Waals surface area contributed by atoms with E-state index in [2.05, 4.69) is 10.6 Å². The summed E-state index contributed by atoms with van der Waals surface area (Å²) in [5.41, 5.74) is 0. The van der Waals surface area contributed by atoms with Gasteiger partial charge in [-0.25, -0.2) is 4.79 Å². The zero-order valence-corrected chi connectivity index (χ0v) is 16.8. The summed E-state index contributed by atoms with van der Waals surface area (Å²) in [6.07, 6.45) is -11.6. The van der Waals surface area contributed by atoms with Crippen molar-refractivity contribution in [3.05, 3.63) is 0 Å². The number of hydrogen-bond donors (Lipinski definition) is 3. The molecule has 2 saturated heterocycles. The fourth-order valence-corrected chi connectivity index (χ4v) is 4.36. The second kappa shape index (κ2) is 9.85. The van der Waals surface area contributed by atoms with E-state index in [0.29, 0.717) is 5.25 Å². The number of rotatable bonds is 7. The predicted octanol–water partition coefficient (Wildman–Crippen LogP) is 4.81. The summed E-state index contributed by atoms with van der Waals surface area (Å²) in [7, 11) is 0. The Labute approximate surface area is 181 Å². The van der Waals surface area contributed by atoms with Gasteiger partial charge >= 0.3 is 42.1 Å². The highest BCUT2D eigenvalue weighted by atomic mass is 32.2. The zero-order chi connectivity index (χ0) is 26.0. The van der Waals surface area contributed by atoms with Crippen LogP contribution in [0.5, 0.6) is 0 Å². The molecular weight excluding hydrogens is 516 g/mol. The van der Waals surface area contributed by atoms with Crippen molar-refractivity contribution in [3.8, 4) is 0 Å². The van der Waals surface area contributed by atoms with Gasteiger partial charge in [-0.3, -0.25) is 4.79 Å². The molecule has 3 atom stereocenters. The van der Waals surface area contributed by atoms with Crippen LogP contribution in [0.25, 0.3) is 0 Å².